The molecule has 1 N–H and O–H groups in total. The van der Waals surface area contributed by atoms with Gasteiger partial charge in [-0.1, -0.05) is 0 Å². The summed E-state index contributed by atoms with van der Waals surface area (Å²) in [5.74, 6) is 0.722. The fourth-order valence-corrected chi connectivity index (χ4v) is 2.05. The van der Waals surface area contributed by atoms with Crippen LogP contribution in [0.3, 0.4) is 0 Å². The van der Waals surface area contributed by atoms with Gasteiger partial charge in [0.15, 0.2) is 15.7 Å². The Bertz CT molecular complexity index is 614. The summed E-state index contributed by atoms with van der Waals surface area (Å²) in [4.78, 5) is 0.309. The Morgan fingerprint density at radius 3 is 2.29 bits per heavy atom. The zero-order valence-electron chi connectivity index (χ0n) is 9.58. The van der Waals surface area contributed by atoms with E-state index in [1.807, 2.05) is 19.3 Å². The monoisotopic (exact) mass is 251 g/mol. The maximum atomic E-state index is 11.3. The van der Waals surface area contributed by atoms with E-state index >= 15 is 0 Å². The number of sulfone groups is 1. The molecule has 0 saturated carbocycles. The lowest BCUT2D eigenvalue weighted by atomic mass is 10.3. The predicted molar refractivity (Wildman–Crippen MR) is 66.0 cm³/mol. The minimum absolute atomic E-state index is 0.309. The van der Waals surface area contributed by atoms with Crippen LogP contribution >= 0.6 is 0 Å². The second-order valence-corrected chi connectivity index (χ2v) is 5.81. The van der Waals surface area contributed by atoms with Crippen LogP contribution in [0.2, 0.25) is 0 Å². The van der Waals surface area contributed by atoms with Crippen LogP contribution in [0.1, 0.15) is 0 Å². The highest BCUT2D eigenvalue weighted by molar-refractivity contribution is 7.90. The predicted octanol–water partition coefficient (Wildman–Crippen LogP) is 1.57. The molecule has 0 spiro atoms. The molecule has 0 fully saturated rings. The third kappa shape index (κ3) is 2.85. The smallest absolute Gasteiger partial charge is 0.175 e. The number of hydrogen-bond donors (Lipinski definition) is 1. The Hall–Kier alpha value is -1.82. The van der Waals surface area contributed by atoms with E-state index in [4.69, 9.17) is 0 Å². The number of aromatic nitrogens is 2. The fourth-order valence-electron chi connectivity index (χ4n) is 1.42. The second kappa shape index (κ2) is 4.21. The largest absolute Gasteiger partial charge is 0.339 e. The molecule has 6 heteroatoms. The van der Waals surface area contributed by atoms with Crippen molar-refractivity contribution in [1.29, 1.82) is 0 Å². The van der Waals surface area contributed by atoms with Gasteiger partial charge in [0.1, 0.15) is 0 Å². The van der Waals surface area contributed by atoms with Gasteiger partial charge in [0.05, 0.1) is 4.90 Å². The minimum Gasteiger partial charge on any atom is -0.339 e. The lowest BCUT2D eigenvalue weighted by Gasteiger charge is -2.03. The molecule has 0 aliphatic heterocycles. The Balaban J connectivity index is 2.19. The molecule has 0 unspecified atom stereocenters. The van der Waals surface area contributed by atoms with Crippen LogP contribution in [-0.4, -0.2) is 24.5 Å². The molecule has 0 amide bonds. The van der Waals surface area contributed by atoms with Crippen molar-refractivity contribution >= 4 is 21.3 Å². The quantitative estimate of drug-likeness (QED) is 0.899. The second-order valence-electron chi connectivity index (χ2n) is 3.80. The molecule has 0 saturated heterocycles. The Kier molecular flexibility index (Phi) is 2.89. The average molecular weight is 251 g/mol. The van der Waals surface area contributed by atoms with Gasteiger partial charge in [0.2, 0.25) is 0 Å². The molecule has 1 aromatic carbocycles. The van der Waals surface area contributed by atoms with Gasteiger partial charge in [0.25, 0.3) is 0 Å². The van der Waals surface area contributed by atoms with E-state index in [-0.39, 0.29) is 0 Å². The molecule has 90 valence electrons. The van der Waals surface area contributed by atoms with Crippen LogP contribution in [0.15, 0.2) is 41.4 Å². The topological polar surface area (TPSA) is 64.0 Å². The zero-order chi connectivity index (χ0) is 12.5. The van der Waals surface area contributed by atoms with Crippen LogP contribution in [0.5, 0.6) is 0 Å². The maximum Gasteiger partial charge on any atom is 0.175 e. The van der Waals surface area contributed by atoms with Gasteiger partial charge in [-0.2, -0.15) is 5.10 Å². The first-order chi connectivity index (χ1) is 7.95. The summed E-state index contributed by atoms with van der Waals surface area (Å²) >= 11 is 0. The molecule has 1 heterocycles. The Labute approximate surface area is 100 Å². The average Bonchev–Trinajstić information content (AvgIpc) is 2.63. The summed E-state index contributed by atoms with van der Waals surface area (Å²) in [6.07, 6.45) is 3.02. The Morgan fingerprint density at radius 2 is 1.82 bits per heavy atom. The fraction of sp³-hybridized carbons (Fsp3) is 0.182. The molecule has 0 atom stereocenters. The van der Waals surface area contributed by atoms with Gasteiger partial charge in [-0.25, -0.2) is 8.42 Å². The van der Waals surface area contributed by atoms with E-state index in [1.54, 1.807) is 28.9 Å². The summed E-state index contributed by atoms with van der Waals surface area (Å²) in [6.45, 7) is 0. The zero-order valence-corrected chi connectivity index (χ0v) is 10.4. The molecule has 0 aliphatic rings. The van der Waals surface area contributed by atoms with E-state index in [9.17, 15) is 8.42 Å². The maximum absolute atomic E-state index is 11.3. The van der Waals surface area contributed by atoms with Gasteiger partial charge in [-0.15, -0.1) is 0 Å². The van der Waals surface area contributed by atoms with Crippen LogP contribution in [0.25, 0.3) is 0 Å². The molecular weight excluding hydrogens is 238 g/mol. The molecule has 0 bridgehead atoms. The number of nitrogens with zero attached hydrogens (tertiary/aromatic N) is 2. The Morgan fingerprint density at radius 1 is 1.18 bits per heavy atom. The summed E-state index contributed by atoms with van der Waals surface area (Å²) in [6, 6.07) is 8.40. The first kappa shape index (κ1) is 11.7. The van der Waals surface area contributed by atoms with Gasteiger partial charge in [-0.05, 0) is 24.3 Å². The molecule has 0 radical (unpaired) electrons. The van der Waals surface area contributed by atoms with Crippen molar-refractivity contribution < 1.29 is 8.42 Å². The van der Waals surface area contributed by atoms with Crippen LogP contribution in [0.4, 0.5) is 11.5 Å². The molecule has 2 rings (SSSR count). The third-order valence-electron chi connectivity index (χ3n) is 2.27. The molecule has 5 nitrogen and oxygen atoms in total. The number of benzene rings is 1. The normalized spacial score (nSPS) is 11.4. The highest BCUT2D eigenvalue weighted by Crippen LogP contribution is 2.17. The van der Waals surface area contributed by atoms with Gasteiger partial charge in [0, 0.05) is 31.3 Å². The number of rotatable bonds is 3. The van der Waals surface area contributed by atoms with Crippen LogP contribution in [-0.2, 0) is 16.9 Å². The van der Waals surface area contributed by atoms with E-state index < -0.39 is 9.84 Å². The summed E-state index contributed by atoms with van der Waals surface area (Å²) in [7, 11) is -1.30. The first-order valence-electron chi connectivity index (χ1n) is 5.02. The van der Waals surface area contributed by atoms with Crippen molar-refractivity contribution in [3.05, 3.63) is 36.5 Å². The molecule has 17 heavy (non-hydrogen) atoms. The molecular formula is C11H13N3O2S. The number of hydrogen-bond acceptors (Lipinski definition) is 4. The number of nitrogens with one attached hydrogen (secondary N) is 1. The lowest BCUT2D eigenvalue weighted by Crippen LogP contribution is -1.98. The number of aryl methyl sites for hydroxylation is 1. The summed E-state index contributed by atoms with van der Waals surface area (Å²) < 4.78 is 24.2. The first-order valence-corrected chi connectivity index (χ1v) is 6.91. The van der Waals surface area contributed by atoms with E-state index in [0.29, 0.717) is 4.90 Å². The summed E-state index contributed by atoms with van der Waals surface area (Å²) in [5, 5.41) is 7.24. The molecule has 0 aliphatic carbocycles. The van der Waals surface area contributed by atoms with Gasteiger partial charge < -0.3 is 5.32 Å². The van der Waals surface area contributed by atoms with Crippen molar-refractivity contribution in [2.75, 3.05) is 11.6 Å². The van der Waals surface area contributed by atoms with E-state index in [0.717, 1.165) is 11.5 Å². The van der Waals surface area contributed by atoms with Crippen molar-refractivity contribution in [2.24, 2.45) is 7.05 Å². The van der Waals surface area contributed by atoms with Gasteiger partial charge >= 0.3 is 0 Å². The standard InChI is InChI=1S/C11H13N3O2S/c1-14-8-7-11(13-14)12-9-3-5-10(6-4-9)17(2,15)16/h3-8H,1-2H3,(H,12,13). The molecule has 1 aromatic heterocycles. The van der Waals surface area contributed by atoms with E-state index in [1.165, 1.54) is 6.26 Å². The highest BCUT2D eigenvalue weighted by Gasteiger charge is 2.06. The molecule has 2 aromatic rings. The van der Waals surface area contributed by atoms with Crippen molar-refractivity contribution in [3.8, 4) is 0 Å². The summed E-state index contributed by atoms with van der Waals surface area (Å²) in [5.41, 5.74) is 0.802. The lowest BCUT2D eigenvalue weighted by molar-refractivity contribution is 0.602. The third-order valence-corrected chi connectivity index (χ3v) is 3.40. The van der Waals surface area contributed by atoms with Crippen LogP contribution in [0, 0.1) is 0 Å². The highest BCUT2D eigenvalue weighted by atomic mass is 32.2. The van der Waals surface area contributed by atoms with E-state index in [2.05, 4.69) is 10.4 Å². The van der Waals surface area contributed by atoms with Crippen molar-refractivity contribution in [1.82, 2.24) is 9.78 Å². The van der Waals surface area contributed by atoms with Gasteiger partial charge in [-0.3, -0.25) is 4.68 Å². The number of anilines is 2. The SMILES string of the molecule is Cn1ccc(Nc2ccc(S(C)(=O)=O)cc2)n1. The van der Waals surface area contributed by atoms with Crippen LogP contribution < -0.4 is 5.32 Å². The van der Waals surface area contributed by atoms with Crippen molar-refractivity contribution in [2.45, 2.75) is 4.90 Å². The van der Waals surface area contributed by atoms with Crippen molar-refractivity contribution in [3.63, 3.8) is 0 Å². The minimum atomic E-state index is -3.14.